The van der Waals surface area contributed by atoms with Gasteiger partial charge in [0.1, 0.15) is 9.54 Å². The van der Waals surface area contributed by atoms with Crippen LogP contribution in [0.3, 0.4) is 0 Å². The monoisotopic (exact) mass is 380 g/mol. The Labute approximate surface area is 137 Å². The van der Waals surface area contributed by atoms with E-state index in [1.807, 2.05) is 6.07 Å². The molecule has 1 amide bonds. The van der Waals surface area contributed by atoms with Crippen molar-refractivity contribution in [3.05, 3.63) is 14.7 Å². The van der Waals surface area contributed by atoms with Crippen LogP contribution in [-0.2, 0) is 0 Å². The second-order valence-electron chi connectivity index (χ2n) is 5.04. The average Bonchev–Trinajstić information content (AvgIpc) is 2.88. The molecule has 1 aromatic rings. The molecule has 7 heteroatoms. The Morgan fingerprint density at radius 3 is 2.90 bits per heavy atom. The highest BCUT2D eigenvalue weighted by Gasteiger charge is 2.38. The van der Waals surface area contributed by atoms with E-state index in [1.54, 1.807) is 7.11 Å². The average molecular weight is 382 g/mol. The maximum absolute atomic E-state index is 12.7. The second kappa shape index (κ2) is 6.64. The molecule has 2 unspecified atom stereocenters. The Morgan fingerprint density at radius 2 is 2.20 bits per heavy atom. The summed E-state index contributed by atoms with van der Waals surface area (Å²) in [5.74, 6) is 0.902. The van der Waals surface area contributed by atoms with Crippen molar-refractivity contribution in [2.75, 3.05) is 20.2 Å². The van der Waals surface area contributed by atoms with Gasteiger partial charge >= 0.3 is 0 Å². The highest BCUT2D eigenvalue weighted by Crippen LogP contribution is 2.37. The Bertz CT molecular complexity index is 483. The smallest absolute Gasteiger partial charge is 0.264 e. The number of halogens is 2. The number of rotatable bonds is 2. The number of carbonyl (C=O) groups excluding carboxylic acids is 1. The van der Waals surface area contributed by atoms with E-state index in [9.17, 15) is 4.79 Å². The highest BCUT2D eigenvalue weighted by atomic mass is 79.9. The summed E-state index contributed by atoms with van der Waals surface area (Å²) < 4.78 is 6.13. The predicted molar refractivity (Wildman–Crippen MR) is 86.3 cm³/mol. The van der Waals surface area contributed by atoms with Gasteiger partial charge in [0.05, 0.1) is 12.0 Å². The summed E-state index contributed by atoms with van der Waals surface area (Å²) in [6, 6.07) is 2.60. The third-order valence-corrected chi connectivity index (χ3v) is 5.74. The minimum Gasteiger partial charge on any atom is -0.495 e. The van der Waals surface area contributed by atoms with Gasteiger partial charge < -0.3 is 15.0 Å². The fourth-order valence-electron chi connectivity index (χ4n) is 3.04. The molecule has 0 aromatic carbocycles. The number of carbonyl (C=O) groups is 1. The molecule has 20 heavy (non-hydrogen) atoms. The number of nitrogens with one attached hydrogen (secondary N) is 1. The summed E-state index contributed by atoms with van der Waals surface area (Å²) in [5, 5.41) is 3.42. The fourth-order valence-corrected chi connectivity index (χ4v) is 4.63. The van der Waals surface area contributed by atoms with Crippen LogP contribution < -0.4 is 10.1 Å². The number of amides is 1. The Hall–Kier alpha value is -0.300. The van der Waals surface area contributed by atoms with Gasteiger partial charge in [-0.1, -0.05) is 0 Å². The zero-order valence-corrected chi connectivity index (χ0v) is 14.4. The molecule has 0 aliphatic carbocycles. The Balaban J connectivity index is 0.00000147. The molecule has 2 aliphatic rings. The van der Waals surface area contributed by atoms with E-state index in [4.69, 9.17) is 4.74 Å². The lowest BCUT2D eigenvalue weighted by atomic mass is 10.1. The number of hydrogen-bond donors (Lipinski definition) is 1. The molecule has 1 N–H and O–H groups in total. The van der Waals surface area contributed by atoms with Crippen LogP contribution in [-0.4, -0.2) is 43.1 Å². The minimum absolute atomic E-state index is 0. The fraction of sp³-hybridized carbons (Fsp3) is 0.615. The van der Waals surface area contributed by atoms with Crippen molar-refractivity contribution in [2.24, 2.45) is 0 Å². The lowest BCUT2D eigenvalue weighted by molar-refractivity contribution is 0.0685. The zero-order chi connectivity index (χ0) is 13.4. The second-order valence-corrected chi connectivity index (χ2v) is 7.41. The highest BCUT2D eigenvalue weighted by molar-refractivity contribution is 9.11. The summed E-state index contributed by atoms with van der Waals surface area (Å²) in [7, 11) is 1.63. The first kappa shape index (κ1) is 16.1. The summed E-state index contributed by atoms with van der Waals surface area (Å²) in [4.78, 5) is 15.6. The number of hydrogen-bond acceptors (Lipinski definition) is 4. The van der Waals surface area contributed by atoms with Gasteiger partial charge in [-0.2, -0.15) is 0 Å². The van der Waals surface area contributed by atoms with Crippen LogP contribution in [0.2, 0.25) is 0 Å². The maximum atomic E-state index is 12.7. The van der Waals surface area contributed by atoms with E-state index < -0.39 is 0 Å². The Kier molecular flexibility index (Phi) is 5.34. The van der Waals surface area contributed by atoms with Gasteiger partial charge in [0.25, 0.3) is 5.91 Å². The normalized spacial score (nSPS) is 25.0. The van der Waals surface area contributed by atoms with Crippen LogP contribution in [0.15, 0.2) is 9.85 Å². The topological polar surface area (TPSA) is 41.6 Å². The predicted octanol–water partition coefficient (Wildman–Crippen LogP) is 2.91. The van der Waals surface area contributed by atoms with E-state index in [1.165, 1.54) is 11.3 Å². The molecule has 2 saturated heterocycles. The van der Waals surface area contributed by atoms with Crippen LogP contribution in [0.4, 0.5) is 0 Å². The summed E-state index contributed by atoms with van der Waals surface area (Å²) in [5.41, 5.74) is 0. The maximum Gasteiger partial charge on any atom is 0.264 e. The van der Waals surface area contributed by atoms with Crippen molar-refractivity contribution in [3.63, 3.8) is 0 Å². The molecule has 2 atom stereocenters. The third-order valence-electron chi connectivity index (χ3n) is 3.97. The number of nitrogens with zero attached hydrogens (tertiary/aromatic N) is 1. The SMILES string of the molecule is COc1cc(C(=O)N2C3CCNCC2CC3)sc1Br.Cl. The molecule has 0 spiro atoms. The molecule has 3 rings (SSSR count). The third kappa shape index (κ3) is 2.84. The quantitative estimate of drug-likeness (QED) is 0.856. The summed E-state index contributed by atoms with van der Waals surface area (Å²) >= 11 is 4.90. The van der Waals surface area contributed by atoms with Gasteiger partial charge in [-0.25, -0.2) is 0 Å². The van der Waals surface area contributed by atoms with Crippen molar-refractivity contribution in [3.8, 4) is 5.75 Å². The van der Waals surface area contributed by atoms with Gasteiger partial charge in [-0.15, -0.1) is 23.7 Å². The molecule has 2 aliphatic heterocycles. The van der Waals surface area contributed by atoms with Crippen molar-refractivity contribution in [1.82, 2.24) is 10.2 Å². The largest absolute Gasteiger partial charge is 0.495 e. The molecular formula is C13H18BrClN2O2S. The standard InChI is InChI=1S/C13H17BrN2O2S.ClH/c1-18-10-6-11(19-12(10)14)13(17)16-8-2-3-9(16)7-15-5-4-8;/h6,8-9,15H,2-5,7H2,1H3;1H. The van der Waals surface area contributed by atoms with Gasteiger partial charge in [0, 0.05) is 24.7 Å². The lowest BCUT2D eigenvalue weighted by Gasteiger charge is -2.27. The Morgan fingerprint density at radius 1 is 1.45 bits per heavy atom. The van der Waals surface area contributed by atoms with Crippen molar-refractivity contribution in [1.29, 1.82) is 0 Å². The van der Waals surface area contributed by atoms with Gasteiger partial charge in [-0.05, 0) is 41.7 Å². The van der Waals surface area contributed by atoms with Crippen molar-refractivity contribution in [2.45, 2.75) is 31.3 Å². The van der Waals surface area contributed by atoms with Gasteiger partial charge in [0.2, 0.25) is 0 Å². The van der Waals surface area contributed by atoms with Crippen molar-refractivity contribution >= 4 is 45.6 Å². The van der Waals surface area contributed by atoms with Gasteiger partial charge in [0.15, 0.2) is 0 Å². The molecule has 2 fully saturated rings. The molecule has 4 nitrogen and oxygen atoms in total. The van der Waals surface area contributed by atoms with E-state index in [-0.39, 0.29) is 18.3 Å². The van der Waals surface area contributed by atoms with E-state index in [0.29, 0.717) is 12.1 Å². The van der Waals surface area contributed by atoms with Crippen LogP contribution >= 0.6 is 39.7 Å². The van der Waals surface area contributed by atoms with E-state index >= 15 is 0 Å². The van der Waals surface area contributed by atoms with Crippen molar-refractivity contribution < 1.29 is 9.53 Å². The molecule has 2 bridgehead atoms. The van der Waals surface area contributed by atoms with Crippen LogP contribution in [0.5, 0.6) is 5.75 Å². The zero-order valence-electron chi connectivity index (χ0n) is 11.2. The van der Waals surface area contributed by atoms with Crippen LogP contribution in [0.25, 0.3) is 0 Å². The molecule has 3 heterocycles. The first-order valence-electron chi connectivity index (χ1n) is 6.57. The number of fused-ring (bicyclic) bond motifs is 2. The molecule has 112 valence electrons. The lowest BCUT2D eigenvalue weighted by Crippen LogP contribution is -2.42. The first-order chi connectivity index (χ1) is 9.20. The summed E-state index contributed by atoms with van der Waals surface area (Å²) in [6.45, 7) is 1.94. The van der Waals surface area contributed by atoms with E-state index in [2.05, 4.69) is 26.1 Å². The molecule has 0 saturated carbocycles. The van der Waals surface area contributed by atoms with Crippen LogP contribution in [0.1, 0.15) is 28.9 Å². The first-order valence-corrected chi connectivity index (χ1v) is 8.18. The van der Waals surface area contributed by atoms with Gasteiger partial charge in [-0.3, -0.25) is 4.79 Å². The minimum atomic E-state index is 0. The number of thiophene rings is 1. The number of ether oxygens (including phenoxy) is 1. The molecule has 1 aromatic heterocycles. The molecule has 0 radical (unpaired) electrons. The van der Waals surface area contributed by atoms with E-state index in [0.717, 1.165) is 46.8 Å². The van der Waals surface area contributed by atoms with Crippen LogP contribution in [0, 0.1) is 0 Å². The summed E-state index contributed by atoms with van der Waals surface area (Å²) in [6.07, 6.45) is 3.32. The number of methoxy groups -OCH3 is 1. The molecular weight excluding hydrogens is 364 g/mol.